The lowest BCUT2D eigenvalue weighted by atomic mass is 9.99. The van der Waals surface area contributed by atoms with Gasteiger partial charge in [-0.25, -0.2) is 0 Å². The van der Waals surface area contributed by atoms with Gasteiger partial charge in [0.1, 0.15) is 12.2 Å². The number of carbonyl (C=O) groups excluding carboxylic acids is 1. The summed E-state index contributed by atoms with van der Waals surface area (Å²) in [6, 6.07) is 11.8. The van der Waals surface area contributed by atoms with E-state index in [1.807, 2.05) is 34.9 Å². The van der Waals surface area contributed by atoms with Crippen molar-refractivity contribution in [1.82, 2.24) is 19.7 Å². The molecule has 1 aliphatic heterocycles. The summed E-state index contributed by atoms with van der Waals surface area (Å²) < 4.78 is 1.93. The summed E-state index contributed by atoms with van der Waals surface area (Å²) in [5, 5.41) is 17.1. The molecule has 21 heavy (non-hydrogen) atoms. The van der Waals surface area contributed by atoms with Crippen LogP contribution in [0.5, 0.6) is 0 Å². The molecular formula is C15H15N5O. The topological polar surface area (TPSA) is 74.8 Å². The lowest BCUT2D eigenvalue weighted by molar-refractivity contribution is -0.135. The van der Waals surface area contributed by atoms with E-state index in [9.17, 15) is 10.1 Å². The summed E-state index contributed by atoms with van der Waals surface area (Å²) in [6.45, 7) is 1.69. The Morgan fingerprint density at radius 2 is 2.14 bits per heavy atom. The molecule has 1 aliphatic rings. The molecule has 0 saturated carbocycles. The lowest BCUT2D eigenvalue weighted by Crippen LogP contribution is -2.41. The second-order valence-corrected chi connectivity index (χ2v) is 5.07. The Morgan fingerprint density at radius 3 is 2.90 bits per heavy atom. The molecule has 2 heterocycles. The molecule has 2 aromatic rings. The number of nitrogens with zero attached hydrogens (tertiary/aromatic N) is 5. The molecule has 1 atom stereocenters. The number of aromatic nitrogens is 3. The van der Waals surface area contributed by atoms with Crippen molar-refractivity contribution in [3.63, 3.8) is 0 Å². The van der Waals surface area contributed by atoms with Crippen molar-refractivity contribution in [3.8, 4) is 6.07 Å². The molecule has 0 radical (unpaired) electrons. The van der Waals surface area contributed by atoms with Crippen LogP contribution in [-0.4, -0.2) is 32.1 Å². The van der Waals surface area contributed by atoms with Crippen molar-refractivity contribution in [2.45, 2.75) is 19.5 Å². The van der Waals surface area contributed by atoms with Crippen LogP contribution in [0.3, 0.4) is 0 Å². The van der Waals surface area contributed by atoms with Gasteiger partial charge in [-0.05, 0) is 12.0 Å². The summed E-state index contributed by atoms with van der Waals surface area (Å²) >= 11 is 0. The third-order valence-corrected chi connectivity index (χ3v) is 3.69. The predicted octanol–water partition coefficient (Wildman–Crippen LogP) is 1.00. The fourth-order valence-electron chi connectivity index (χ4n) is 2.51. The minimum atomic E-state index is -0.651. The molecule has 6 heteroatoms. The normalized spacial score (nSPS) is 15.1. The first-order valence-corrected chi connectivity index (χ1v) is 6.87. The van der Waals surface area contributed by atoms with Gasteiger partial charge in [-0.2, -0.15) is 5.26 Å². The molecule has 1 amide bonds. The Morgan fingerprint density at radius 1 is 1.33 bits per heavy atom. The summed E-state index contributed by atoms with van der Waals surface area (Å²) in [6.07, 6.45) is 2.11. The van der Waals surface area contributed by atoms with Crippen LogP contribution < -0.4 is 0 Å². The maximum atomic E-state index is 12.5. The largest absolute Gasteiger partial charge is 0.332 e. The van der Waals surface area contributed by atoms with Gasteiger partial charge in [0.15, 0.2) is 5.82 Å². The first-order valence-electron chi connectivity index (χ1n) is 6.87. The molecule has 6 nitrogen and oxygen atoms in total. The van der Waals surface area contributed by atoms with Gasteiger partial charge in [-0.3, -0.25) is 4.79 Å². The summed E-state index contributed by atoms with van der Waals surface area (Å²) in [5.41, 5.74) is 0.998. The van der Waals surface area contributed by atoms with Crippen LogP contribution in [0.4, 0.5) is 0 Å². The Kier molecular flexibility index (Phi) is 3.65. The molecule has 0 aliphatic carbocycles. The van der Waals surface area contributed by atoms with Crippen molar-refractivity contribution < 1.29 is 4.79 Å². The quantitative estimate of drug-likeness (QED) is 0.841. The van der Waals surface area contributed by atoms with Gasteiger partial charge in [0.05, 0.1) is 12.6 Å². The molecule has 0 bridgehead atoms. The molecule has 0 fully saturated rings. The maximum absolute atomic E-state index is 12.5. The molecule has 0 N–H and O–H groups in total. The minimum Gasteiger partial charge on any atom is -0.332 e. The first-order chi connectivity index (χ1) is 10.3. The number of benzene rings is 1. The van der Waals surface area contributed by atoms with E-state index in [2.05, 4.69) is 16.3 Å². The monoisotopic (exact) mass is 281 g/mol. The Labute approximate surface area is 122 Å². The second kappa shape index (κ2) is 5.75. The zero-order valence-electron chi connectivity index (χ0n) is 11.5. The molecule has 0 saturated heterocycles. The lowest BCUT2D eigenvalue weighted by Gasteiger charge is -2.28. The van der Waals surface area contributed by atoms with Gasteiger partial charge < -0.3 is 9.47 Å². The van der Waals surface area contributed by atoms with Crippen molar-refractivity contribution >= 4 is 5.91 Å². The fourth-order valence-corrected chi connectivity index (χ4v) is 2.51. The van der Waals surface area contributed by atoms with E-state index in [1.165, 1.54) is 0 Å². The molecule has 3 rings (SSSR count). The van der Waals surface area contributed by atoms with Crippen LogP contribution >= 0.6 is 0 Å². The van der Waals surface area contributed by atoms with Gasteiger partial charge in [0.25, 0.3) is 0 Å². The zero-order valence-corrected chi connectivity index (χ0v) is 11.5. The number of hydrogen-bond donors (Lipinski definition) is 0. The standard InChI is InChI=1S/C15H15N5O/c16-9-13(8-12-4-2-1-3-5-12)15(21)19-6-7-20-11-17-18-14(20)10-19/h1-5,11,13H,6-8,10H2. The van der Waals surface area contributed by atoms with E-state index >= 15 is 0 Å². The Balaban J connectivity index is 1.70. The average Bonchev–Trinajstić information content (AvgIpc) is 3.00. The van der Waals surface area contributed by atoms with Gasteiger partial charge in [0, 0.05) is 13.1 Å². The van der Waals surface area contributed by atoms with Crippen LogP contribution in [0.25, 0.3) is 0 Å². The van der Waals surface area contributed by atoms with Gasteiger partial charge in [-0.1, -0.05) is 30.3 Å². The van der Waals surface area contributed by atoms with E-state index < -0.39 is 5.92 Å². The molecular weight excluding hydrogens is 266 g/mol. The number of amides is 1. The molecule has 1 aromatic heterocycles. The fraction of sp³-hybridized carbons (Fsp3) is 0.333. The zero-order chi connectivity index (χ0) is 14.7. The maximum Gasteiger partial charge on any atom is 0.240 e. The van der Waals surface area contributed by atoms with Crippen molar-refractivity contribution in [2.24, 2.45) is 5.92 Å². The van der Waals surface area contributed by atoms with Gasteiger partial charge in [-0.15, -0.1) is 10.2 Å². The van der Waals surface area contributed by atoms with E-state index in [0.29, 0.717) is 26.1 Å². The van der Waals surface area contributed by atoms with Crippen LogP contribution in [0.15, 0.2) is 36.7 Å². The van der Waals surface area contributed by atoms with Crippen molar-refractivity contribution in [2.75, 3.05) is 6.54 Å². The van der Waals surface area contributed by atoms with Gasteiger partial charge in [0.2, 0.25) is 5.91 Å². The minimum absolute atomic E-state index is 0.129. The third-order valence-electron chi connectivity index (χ3n) is 3.69. The number of carbonyl (C=O) groups is 1. The summed E-state index contributed by atoms with van der Waals surface area (Å²) in [4.78, 5) is 14.2. The van der Waals surface area contributed by atoms with Crippen LogP contribution in [-0.2, 0) is 24.3 Å². The van der Waals surface area contributed by atoms with E-state index in [4.69, 9.17) is 0 Å². The first kappa shape index (κ1) is 13.3. The molecule has 1 aromatic carbocycles. The van der Waals surface area contributed by atoms with Crippen LogP contribution in [0.1, 0.15) is 11.4 Å². The molecule has 0 spiro atoms. The van der Waals surface area contributed by atoms with E-state index in [-0.39, 0.29) is 5.91 Å². The SMILES string of the molecule is N#CC(Cc1ccccc1)C(=O)N1CCn2cnnc2C1. The van der Waals surface area contributed by atoms with Crippen LogP contribution in [0.2, 0.25) is 0 Å². The number of fused-ring (bicyclic) bond motifs is 1. The summed E-state index contributed by atoms with van der Waals surface area (Å²) in [7, 11) is 0. The molecule has 106 valence electrons. The average molecular weight is 281 g/mol. The number of nitriles is 1. The number of hydrogen-bond acceptors (Lipinski definition) is 4. The van der Waals surface area contributed by atoms with E-state index in [0.717, 1.165) is 11.4 Å². The van der Waals surface area contributed by atoms with Gasteiger partial charge >= 0.3 is 0 Å². The third kappa shape index (κ3) is 2.77. The highest BCUT2D eigenvalue weighted by atomic mass is 16.2. The summed E-state index contributed by atoms with van der Waals surface area (Å²) in [5.74, 6) is -0.0107. The highest BCUT2D eigenvalue weighted by Gasteiger charge is 2.28. The predicted molar refractivity (Wildman–Crippen MR) is 74.7 cm³/mol. The Hall–Kier alpha value is -2.68. The highest BCUT2D eigenvalue weighted by Crippen LogP contribution is 2.16. The van der Waals surface area contributed by atoms with Crippen molar-refractivity contribution in [1.29, 1.82) is 5.26 Å². The second-order valence-electron chi connectivity index (χ2n) is 5.07. The number of rotatable bonds is 3. The van der Waals surface area contributed by atoms with Crippen LogP contribution in [0, 0.1) is 17.2 Å². The molecule has 1 unspecified atom stereocenters. The van der Waals surface area contributed by atoms with E-state index in [1.54, 1.807) is 11.2 Å². The highest BCUT2D eigenvalue weighted by molar-refractivity contribution is 5.81. The van der Waals surface area contributed by atoms with Crippen molar-refractivity contribution in [3.05, 3.63) is 48.0 Å². The Bertz CT molecular complexity index is 673. The smallest absolute Gasteiger partial charge is 0.240 e.